The van der Waals surface area contributed by atoms with E-state index in [9.17, 15) is 9.90 Å². The lowest BCUT2D eigenvalue weighted by molar-refractivity contribution is 0.0749. The first kappa shape index (κ1) is 15.5. The van der Waals surface area contributed by atoms with Crippen LogP contribution in [0.1, 0.15) is 22.8 Å². The Bertz CT molecular complexity index is 747. The summed E-state index contributed by atoms with van der Waals surface area (Å²) in [6.07, 6.45) is 0. The topological polar surface area (TPSA) is 59.0 Å². The zero-order valence-electron chi connectivity index (χ0n) is 12.6. The van der Waals surface area contributed by atoms with Gasteiger partial charge in [-0.2, -0.15) is 0 Å². The minimum atomic E-state index is -0.273. The molecule has 1 aliphatic heterocycles. The number of hydrogen-bond donors (Lipinski definition) is 1. The summed E-state index contributed by atoms with van der Waals surface area (Å²) < 4.78 is 10.6. The van der Waals surface area contributed by atoms with Gasteiger partial charge in [0.1, 0.15) is 5.75 Å². The van der Waals surface area contributed by atoms with Crippen LogP contribution in [0, 0.1) is 0 Å². The number of carbonyl (C=O) groups excluding carboxylic acids is 1. The lowest BCUT2D eigenvalue weighted by Gasteiger charge is -2.21. The first-order valence-electron chi connectivity index (χ1n) is 7.25. The average Bonchev–Trinajstić information content (AvgIpc) is 3.02. The predicted octanol–water partition coefficient (Wildman–Crippen LogP) is 3.44. The molecular formula is C17H16ClNO4. The molecule has 1 heterocycles. The molecule has 5 nitrogen and oxygen atoms in total. The van der Waals surface area contributed by atoms with Gasteiger partial charge in [-0.25, -0.2) is 0 Å². The molecule has 1 N–H and O–H groups in total. The van der Waals surface area contributed by atoms with Crippen molar-refractivity contribution in [3.63, 3.8) is 0 Å². The van der Waals surface area contributed by atoms with Gasteiger partial charge in [-0.05, 0) is 42.8 Å². The number of hydrogen-bond acceptors (Lipinski definition) is 4. The van der Waals surface area contributed by atoms with Crippen LogP contribution in [0.4, 0.5) is 0 Å². The van der Waals surface area contributed by atoms with Crippen molar-refractivity contribution >= 4 is 17.5 Å². The number of halogens is 1. The van der Waals surface area contributed by atoms with Gasteiger partial charge in [0, 0.05) is 18.1 Å². The molecule has 1 aliphatic rings. The summed E-state index contributed by atoms with van der Waals surface area (Å²) in [7, 11) is 0. The lowest BCUT2D eigenvalue weighted by atomic mass is 10.1. The third kappa shape index (κ3) is 3.19. The van der Waals surface area contributed by atoms with Gasteiger partial charge in [0.15, 0.2) is 11.5 Å². The lowest BCUT2D eigenvalue weighted by Crippen LogP contribution is -2.30. The molecule has 0 saturated carbocycles. The Hall–Kier alpha value is -2.40. The molecule has 0 atom stereocenters. The van der Waals surface area contributed by atoms with Crippen molar-refractivity contribution in [2.75, 3.05) is 13.3 Å². The fraction of sp³-hybridized carbons (Fsp3) is 0.235. The van der Waals surface area contributed by atoms with Gasteiger partial charge in [0.25, 0.3) is 5.91 Å². The molecule has 0 unspecified atom stereocenters. The van der Waals surface area contributed by atoms with E-state index in [1.165, 1.54) is 12.1 Å². The maximum Gasteiger partial charge on any atom is 0.257 e. The highest BCUT2D eigenvalue weighted by molar-refractivity contribution is 6.31. The van der Waals surface area contributed by atoms with Crippen LogP contribution in [0.5, 0.6) is 17.2 Å². The Kier molecular flexibility index (Phi) is 4.30. The van der Waals surface area contributed by atoms with Crippen LogP contribution in [0.15, 0.2) is 36.4 Å². The van der Waals surface area contributed by atoms with Crippen LogP contribution in [-0.2, 0) is 6.54 Å². The van der Waals surface area contributed by atoms with Gasteiger partial charge in [-0.3, -0.25) is 4.79 Å². The standard InChI is InChI=1S/C17H16ClNO4/c1-2-19(17(21)13-8-12(18)4-5-14(13)20)9-11-3-6-15-16(7-11)23-10-22-15/h3-8,20H,2,9-10H2,1H3. The smallest absolute Gasteiger partial charge is 0.257 e. The van der Waals surface area contributed by atoms with E-state index in [0.29, 0.717) is 29.6 Å². The minimum absolute atomic E-state index is 0.0801. The molecule has 0 aliphatic carbocycles. The zero-order valence-corrected chi connectivity index (χ0v) is 13.3. The summed E-state index contributed by atoms with van der Waals surface area (Å²) in [5, 5.41) is 10.3. The van der Waals surface area contributed by atoms with Gasteiger partial charge in [-0.15, -0.1) is 0 Å². The molecule has 0 bridgehead atoms. The van der Waals surface area contributed by atoms with Crippen LogP contribution < -0.4 is 9.47 Å². The summed E-state index contributed by atoms with van der Waals surface area (Å²) in [6.45, 7) is 3.00. The van der Waals surface area contributed by atoms with Crippen molar-refractivity contribution in [2.45, 2.75) is 13.5 Å². The van der Waals surface area contributed by atoms with Crippen molar-refractivity contribution in [1.29, 1.82) is 0 Å². The second kappa shape index (κ2) is 6.38. The monoisotopic (exact) mass is 333 g/mol. The van der Waals surface area contributed by atoms with Crippen LogP contribution in [0.3, 0.4) is 0 Å². The third-order valence-corrected chi connectivity index (χ3v) is 3.90. The SMILES string of the molecule is CCN(Cc1ccc2c(c1)OCO2)C(=O)c1cc(Cl)ccc1O. The third-order valence-electron chi connectivity index (χ3n) is 3.67. The number of ether oxygens (including phenoxy) is 2. The van der Waals surface area contributed by atoms with Crippen molar-refractivity contribution in [1.82, 2.24) is 4.90 Å². The highest BCUT2D eigenvalue weighted by Crippen LogP contribution is 2.33. The number of fused-ring (bicyclic) bond motifs is 1. The number of phenols is 1. The fourth-order valence-electron chi connectivity index (χ4n) is 2.44. The Morgan fingerprint density at radius 3 is 2.78 bits per heavy atom. The maximum atomic E-state index is 12.6. The van der Waals surface area contributed by atoms with E-state index in [0.717, 1.165) is 5.56 Å². The Morgan fingerprint density at radius 2 is 2.00 bits per heavy atom. The van der Waals surface area contributed by atoms with E-state index in [1.807, 2.05) is 25.1 Å². The Morgan fingerprint density at radius 1 is 1.22 bits per heavy atom. The summed E-state index contributed by atoms with van der Waals surface area (Å²) in [5.41, 5.74) is 1.12. The predicted molar refractivity (Wildman–Crippen MR) is 86.1 cm³/mol. The number of benzene rings is 2. The van der Waals surface area contributed by atoms with Gasteiger partial charge in [0.2, 0.25) is 6.79 Å². The molecule has 2 aromatic rings. The van der Waals surface area contributed by atoms with E-state index >= 15 is 0 Å². The molecule has 0 spiro atoms. The molecule has 0 radical (unpaired) electrons. The molecule has 1 amide bonds. The average molecular weight is 334 g/mol. The number of aromatic hydroxyl groups is 1. The molecule has 2 aromatic carbocycles. The highest BCUT2D eigenvalue weighted by Gasteiger charge is 2.20. The first-order valence-corrected chi connectivity index (χ1v) is 7.62. The second-order valence-electron chi connectivity index (χ2n) is 5.17. The highest BCUT2D eigenvalue weighted by atomic mass is 35.5. The summed E-state index contributed by atoms with van der Waals surface area (Å²) in [5.74, 6) is 1.03. The molecule has 120 valence electrons. The quantitative estimate of drug-likeness (QED) is 0.931. The van der Waals surface area contributed by atoms with E-state index in [4.69, 9.17) is 21.1 Å². The normalized spacial score (nSPS) is 12.3. The fourth-order valence-corrected chi connectivity index (χ4v) is 2.61. The van der Waals surface area contributed by atoms with E-state index < -0.39 is 0 Å². The van der Waals surface area contributed by atoms with Crippen LogP contribution in [0.2, 0.25) is 5.02 Å². The molecule has 6 heteroatoms. The van der Waals surface area contributed by atoms with E-state index in [-0.39, 0.29) is 24.0 Å². The second-order valence-corrected chi connectivity index (χ2v) is 5.60. The van der Waals surface area contributed by atoms with Gasteiger partial charge < -0.3 is 19.5 Å². The van der Waals surface area contributed by atoms with E-state index in [2.05, 4.69) is 0 Å². The van der Waals surface area contributed by atoms with E-state index in [1.54, 1.807) is 11.0 Å². The largest absolute Gasteiger partial charge is 0.507 e. The Balaban J connectivity index is 1.82. The number of amides is 1. The molecule has 0 saturated heterocycles. The molecule has 0 aromatic heterocycles. The van der Waals surface area contributed by atoms with Crippen LogP contribution in [-0.4, -0.2) is 29.3 Å². The van der Waals surface area contributed by atoms with Gasteiger partial charge >= 0.3 is 0 Å². The van der Waals surface area contributed by atoms with Crippen LogP contribution in [0.25, 0.3) is 0 Å². The van der Waals surface area contributed by atoms with Crippen molar-refractivity contribution < 1.29 is 19.4 Å². The first-order chi connectivity index (χ1) is 11.1. The minimum Gasteiger partial charge on any atom is -0.507 e. The molecule has 0 fully saturated rings. The number of phenolic OH excluding ortho intramolecular Hbond substituents is 1. The van der Waals surface area contributed by atoms with Crippen molar-refractivity contribution in [2.24, 2.45) is 0 Å². The Labute approximate surface area is 139 Å². The molecule has 3 rings (SSSR count). The number of rotatable bonds is 4. The number of nitrogens with zero attached hydrogens (tertiary/aromatic N) is 1. The van der Waals surface area contributed by atoms with Gasteiger partial charge in [0.05, 0.1) is 5.56 Å². The summed E-state index contributed by atoms with van der Waals surface area (Å²) in [6, 6.07) is 10.0. The summed E-state index contributed by atoms with van der Waals surface area (Å²) in [4.78, 5) is 14.3. The van der Waals surface area contributed by atoms with Crippen molar-refractivity contribution in [3.8, 4) is 17.2 Å². The van der Waals surface area contributed by atoms with Crippen LogP contribution >= 0.6 is 11.6 Å². The van der Waals surface area contributed by atoms with Crippen molar-refractivity contribution in [3.05, 3.63) is 52.5 Å². The molecule has 23 heavy (non-hydrogen) atoms. The summed E-state index contributed by atoms with van der Waals surface area (Å²) >= 11 is 5.92. The van der Waals surface area contributed by atoms with Gasteiger partial charge in [-0.1, -0.05) is 17.7 Å². The maximum absolute atomic E-state index is 12.6. The molecular weight excluding hydrogens is 318 g/mol. The number of carbonyl (C=O) groups is 1. The zero-order chi connectivity index (χ0) is 16.4.